The van der Waals surface area contributed by atoms with Crippen LogP contribution in [0.5, 0.6) is 5.75 Å². The van der Waals surface area contributed by atoms with Gasteiger partial charge in [0.15, 0.2) is 6.10 Å². The molecule has 3 N–H and O–H groups in total. The van der Waals surface area contributed by atoms with Gasteiger partial charge in [0.2, 0.25) is 10.0 Å². The van der Waals surface area contributed by atoms with Crippen LogP contribution in [0.2, 0.25) is 0 Å². The van der Waals surface area contributed by atoms with Gasteiger partial charge in [-0.25, -0.2) is 18.4 Å². The molecule has 0 spiro atoms. The number of rotatable bonds is 8. The number of ether oxygens (including phenoxy) is 2. The Morgan fingerprint density at radius 1 is 1.14 bits per heavy atom. The number of carbonyl (C=O) groups is 2. The zero-order valence-corrected chi connectivity index (χ0v) is 16.4. The number of primary sulfonamides is 1. The maximum absolute atomic E-state index is 12.4. The van der Waals surface area contributed by atoms with Gasteiger partial charge in [0.25, 0.3) is 5.91 Å². The van der Waals surface area contributed by atoms with Crippen LogP contribution in [0.15, 0.2) is 53.4 Å². The maximum atomic E-state index is 12.4. The van der Waals surface area contributed by atoms with Gasteiger partial charge >= 0.3 is 5.97 Å². The van der Waals surface area contributed by atoms with Gasteiger partial charge in [0.1, 0.15) is 11.3 Å². The predicted molar refractivity (Wildman–Crippen MR) is 102 cm³/mol. The number of nitrogens with two attached hydrogens (primary N) is 1. The van der Waals surface area contributed by atoms with Crippen molar-refractivity contribution in [2.24, 2.45) is 5.14 Å². The molecule has 0 aliphatic rings. The van der Waals surface area contributed by atoms with Crippen LogP contribution in [0.1, 0.15) is 22.8 Å². The molecule has 1 atom stereocenters. The van der Waals surface area contributed by atoms with Crippen molar-refractivity contribution in [3.05, 3.63) is 59.7 Å². The summed E-state index contributed by atoms with van der Waals surface area (Å²) in [5, 5.41) is 7.77. The fraction of sp³-hybridized carbons (Fsp3) is 0.263. The molecule has 0 aliphatic heterocycles. The van der Waals surface area contributed by atoms with Crippen LogP contribution in [-0.4, -0.2) is 40.1 Å². The van der Waals surface area contributed by atoms with Crippen molar-refractivity contribution in [2.75, 3.05) is 13.7 Å². The van der Waals surface area contributed by atoms with Crippen LogP contribution >= 0.6 is 0 Å². The summed E-state index contributed by atoms with van der Waals surface area (Å²) in [6, 6.07) is 13.2. The molecular formula is C19H22N2O6S. The van der Waals surface area contributed by atoms with Crippen molar-refractivity contribution >= 4 is 21.9 Å². The molecule has 2 rings (SSSR count). The van der Waals surface area contributed by atoms with E-state index in [1.54, 1.807) is 0 Å². The van der Waals surface area contributed by atoms with E-state index in [0.717, 1.165) is 11.6 Å². The summed E-state index contributed by atoms with van der Waals surface area (Å²) in [4.78, 5) is 24.3. The summed E-state index contributed by atoms with van der Waals surface area (Å²) >= 11 is 0. The minimum Gasteiger partial charge on any atom is -0.496 e. The number of sulfonamides is 1. The Hall–Kier alpha value is -2.91. The number of esters is 1. The van der Waals surface area contributed by atoms with E-state index < -0.39 is 28.0 Å². The number of methoxy groups -OCH3 is 1. The fourth-order valence-electron chi connectivity index (χ4n) is 2.42. The molecule has 0 radical (unpaired) electrons. The molecule has 2 aromatic carbocycles. The topological polar surface area (TPSA) is 125 Å². The van der Waals surface area contributed by atoms with Gasteiger partial charge in [-0.05, 0) is 37.1 Å². The number of carbonyl (C=O) groups excluding carboxylic acids is 2. The lowest BCUT2D eigenvalue weighted by Crippen LogP contribution is -2.37. The molecule has 0 saturated carbocycles. The van der Waals surface area contributed by atoms with Crippen molar-refractivity contribution in [3.8, 4) is 5.75 Å². The minimum absolute atomic E-state index is 0.106. The fourth-order valence-corrected chi connectivity index (χ4v) is 2.96. The van der Waals surface area contributed by atoms with E-state index >= 15 is 0 Å². The molecule has 0 unspecified atom stereocenters. The lowest BCUT2D eigenvalue weighted by atomic mass is 10.1. The molecule has 0 heterocycles. The Kier molecular flexibility index (Phi) is 7.13. The van der Waals surface area contributed by atoms with Crippen LogP contribution in [0, 0.1) is 0 Å². The minimum atomic E-state index is -4.01. The van der Waals surface area contributed by atoms with Gasteiger partial charge in [0, 0.05) is 6.54 Å². The third kappa shape index (κ3) is 5.80. The number of benzene rings is 2. The number of hydrogen-bond donors (Lipinski definition) is 2. The first-order valence-electron chi connectivity index (χ1n) is 8.46. The summed E-state index contributed by atoms with van der Waals surface area (Å²) in [6.07, 6.45) is -0.441. The zero-order chi connectivity index (χ0) is 20.7. The Morgan fingerprint density at radius 2 is 1.82 bits per heavy atom. The highest BCUT2D eigenvalue weighted by Crippen LogP contribution is 2.23. The van der Waals surface area contributed by atoms with Gasteiger partial charge in [0.05, 0.1) is 12.0 Å². The van der Waals surface area contributed by atoms with Crippen LogP contribution in [0.25, 0.3) is 0 Å². The number of nitrogens with one attached hydrogen (secondary N) is 1. The quantitative estimate of drug-likeness (QED) is 0.636. The standard InChI is InChI=1S/C19H22N2O6S/c1-13(18(22)21-11-10-14-6-4-3-5-7-14)27-19(23)16-12-15(28(20,24)25)8-9-17(16)26-2/h3-9,12-13H,10-11H2,1-2H3,(H,21,22)(H2,20,24,25)/t13-/m1/s1. The summed E-state index contributed by atoms with van der Waals surface area (Å²) in [7, 11) is -2.69. The summed E-state index contributed by atoms with van der Waals surface area (Å²) < 4.78 is 33.2. The first-order chi connectivity index (χ1) is 13.2. The lowest BCUT2D eigenvalue weighted by Gasteiger charge is -2.15. The summed E-state index contributed by atoms with van der Waals surface area (Å²) in [5.74, 6) is -1.26. The van der Waals surface area contributed by atoms with E-state index in [4.69, 9.17) is 14.6 Å². The van der Waals surface area contributed by atoms with E-state index in [1.807, 2.05) is 30.3 Å². The van der Waals surface area contributed by atoms with Gasteiger partial charge in [-0.1, -0.05) is 30.3 Å². The molecule has 0 saturated heterocycles. The monoisotopic (exact) mass is 406 g/mol. The van der Waals surface area contributed by atoms with Crippen molar-refractivity contribution in [2.45, 2.75) is 24.3 Å². The second-order valence-corrected chi connectivity index (χ2v) is 7.54. The third-order valence-electron chi connectivity index (χ3n) is 3.93. The van der Waals surface area contributed by atoms with Crippen molar-refractivity contribution < 1.29 is 27.5 Å². The smallest absolute Gasteiger partial charge is 0.342 e. The summed E-state index contributed by atoms with van der Waals surface area (Å²) in [5.41, 5.74) is 0.926. The highest BCUT2D eigenvalue weighted by Gasteiger charge is 2.23. The first kappa shape index (κ1) is 21.4. The lowest BCUT2D eigenvalue weighted by molar-refractivity contribution is -0.129. The Balaban J connectivity index is 2.00. The molecule has 150 valence electrons. The predicted octanol–water partition coefficient (Wildman–Crippen LogP) is 1.25. The normalized spacial score (nSPS) is 12.1. The van der Waals surface area contributed by atoms with Crippen LogP contribution in [0.3, 0.4) is 0 Å². The molecule has 8 nitrogen and oxygen atoms in total. The van der Waals surface area contributed by atoms with Gasteiger partial charge in [-0.3, -0.25) is 4.79 Å². The SMILES string of the molecule is COc1ccc(S(N)(=O)=O)cc1C(=O)O[C@H](C)C(=O)NCCc1ccccc1. The molecule has 0 bridgehead atoms. The van der Waals surface area contributed by atoms with Crippen molar-refractivity contribution in [1.29, 1.82) is 0 Å². The van der Waals surface area contributed by atoms with Gasteiger partial charge in [-0.15, -0.1) is 0 Å². The average molecular weight is 406 g/mol. The Morgan fingerprint density at radius 3 is 2.43 bits per heavy atom. The average Bonchev–Trinajstić information content (AvgIpc) is 2.67. The highest BCUT2D eigenvalue weighted by atomic mass is 32.2. The van der Waals surface area contributed by atoms with Crippen LogP contribution < -0.4 is 15.2 Å². The second-order valence-electron chi connectivity index (χ2n) is 5.98. The highest BCUT2D eigenvalue weighted by molar-refractivity contribution is 7.89. The largest absolute Gasteiger partial charge is 0.496 e. The van der Waals surface area contributed by atoms with Crippen molar-refractivity contribution in [3.63, 3.8) is 0 Å². The van der Waals surface area contributed by atoms with E-state index in [-0.39, 0.29) is 16.2 Å². The van der Waals surface area contributed by atoms with Crippen molar-refractivity contribution in [1.82, 2.24) is 5.32 Å². The molecule has 9 heteroatoms. The van der Waals surface area contributed by atoms with Gasteiger partial charge in [-0.2, -0.15) is 0 Å². The number of amides is 1. The molecule has 0 fully saturated rings. The first-order valence-corrected chi connectivity index (χ1v) is 10.0. The van der Waals surface area contributed by atoms with E-state index in [2.05, 4.69) is 5.32 Å². The zero-order valence-electron chi connectivity index (χ0n) is 15.5. The summed E-state index contributed by atoms with van der Waals surface area (Å²) in [6.45, 7) is 1.81. The van der Waals surface area contributed by atoms with E-state index in [9.17, 15) is 18.0 Å². The van der Waals surface area contributed by atoms with E-state index in [1.165, 1.54) is 26.2 Å². The molecule has 1 amide bonds. The van der Waals surface area contributed by atoms with Crippen LogP contribution in [-0.2, 0) is 26.0 Å². The Labute approximate surface area is 163 Å². The molecule has 0 aliphatic carbocycles. The number of hydrogen-bond acceptors (Lipinski definition) is 6. The maximum Gasteiger partial charge on any atom is 0.342 e. The second kappa shape index (κ2) is 9.34. The van der Waals surface area contributed by atoms with Crippen LogP contribution in [0.4, 0.5) is 0 Å². The molecule has 0 aromatic heterocycles. The Bertz CT molecular complexity index is 944. The molecule has 28 heavy (non-hydrogen) atoms. The molecular weight excluding hydrogens is 384 g/mol. The van der Waals surface area contributed by atoms with E-state index in [0.29, 0.717) is 13.0 Å². The third-order valence-corrected chi connectivity index (χ3v) is 4.84. The van der Waals surface area contributed by atoms with Gasteiger partial charge < -0.3 is 14.8 Å². The molecule has 2 aromatic rings.